The largest absolute Gasteiger partial charge is 0.347 e. The second-order valence-electron chi connectivity index (χ2n) is 6.73. The standard InChI is InChI=1S/C21H19N5O3/c1-14(15-7-3-2-4-8-15)11-22-19(27)20-24-18(25-29-20)12-26-13-23-17-10-6-5-9-16(17)21(26)28/h2-10,13-14H,11-12H2,1H3,(H,22,27)/t14-/m0/s1. The lowest BCUT2D eigenvalue weighted by molar-refractivity contribution is 0.0907. The lowest BCUT2D eigenvalue weighted by atomic mass is 10.0. The highest BCUT2D eigenvalue weighted by Crippen LogP contribution is 2.13. The Morgan fingerprint density at radius 1 is 1.14 bits per heavy atom. The van der Waals surface area contributed by atoms with Gasteiger partial charge in [-0.05, 0) is 23.6 Å². The van der Waals surface area contributed by atoms with Gasteiger partial charge in [-0.1, -0.05) is 54.5 Å². The molecule has 0 saturated heterocycles. The van der Waals surface area contributed by atoms with Crippen LogP contribution in [0.4, 0.5) is 0 Å². The van der Waals surface area contributed by atoms with Gasteiger partial charge >= 0.3 is 11.8 Å². The molecule has 2 aromatic heterocycles. The zero-order valence-corrected chi connectivity index (χ0v) is 15.8. The van der Waals surface area contributed by atoms with Crippen molar-refractivity contribution in [1.82, 2.24) is 25.0 Å². The van der Waals surface area contributed by atoms with Gasteiger partial charge in [-0.15, -0.1) is 0 Å². The number of hydrogen-bond donors (Lipinski definition) is 1. The predicted molar refractivity (Wildman–Crippen MR) is 107 cm³/mol. The SMILES string of the molecule is C[C@@H](CNC(=O)c1nc(Cn2cnc3ccccc3c2=O)no1)c1ccccc1. The number of para-hydroxylation sites is 1. The highest BCUT2D eigenvalue weighted by atomic mass is 16.5. The van der Waals surface area contributed by atoms with Gasteiger partial charge in [-0.25, -0.2) is 4.98 Å². The summed E-state index contributed by atoms with van der Waals surface area (Å²) >= 11 is 0. The van der Waals surface area contributed by atoms with Gasteiger partial charge in [-0.3, -0.25) is 14.2 Å². The maximum absolute atomic E-state index is 12.5. The average molecular weight is 389 g/mol. The van der Waals surface area contributed by atoms with Crippen molar-refractivity contribution in [3.05, 3.63) is 88.6 Å². The third-order valence-corrected chi connectivity index (χ3v) is 4.64. The Bertz CT molecular complexity index is 1200. The molecule has 0 spiro atoms. The Labute approximate surface area is 166 Å². The summed E-state index contributed by atoms with van der Waals surface area (Å²) in [7, 11) is 0. The first-order valence-corrected chi connectivity index (χ1v) is 9.22. The van der Waals surface area contributed by atoms with Crippen LogP contribution >= 0.6 is 0 Å². The third-order valence-electron chi connectivity index (χ3n) is 4.64. The Hall–Kier alpha value is -3.81. The summed E-state index contributed by atoms with van der Waals surface area (Å²) in [5, 5.41) is 7.10. The molecule has 2 heterocycles. The molecule has 8 heteroatoms. The summed E-state index contributed by atoms with van der Waals surface area (Å²) in [4.78, 5) is 33.2. The van der Waals surface area contributed by atoms with Crippen LogP contribution in [-0.2, 0) is 6.54 Å². The minimum Gasteiger partial charge on any atom is -0.347 e. The molecule has 0 saturated carbocycles. The van der Waals surface area contributed by atoms with Crippen LogP contribution in [0, 0.1) is 0 Å². The summed E-state index contributed by atoms with van der Waals surface area (Å²) in [5.41, 5.74) is 1.54. The third kappa shape index (κ3) is 4.06. The maximum Gasteiger partial charge on any atom is 0.316 e. The van der Waals surface area contributed by atoms with E-state index in [1.807, 2.05) is 43.3 Å². The number of carbonyl (C=O) groups excluding carboxylic acids is 1. The summed E-state index contributed by atoms with van der Waals surface area (Å²) in [6, 6.07) is 17.0. The van der Waals surface area contributed by atoms with Crippen molar-refractivity contribution >= 4 is 16.8 Å². The fraction of sp³-hybridized carbons (Fsp3) is 0.190. The van der Waals surface area contributed by atoms with E-state index >= 15 is 0 Å². The molecule has 146 valence electrons. The smallest absolute Gasteiger partial charge is 0.316 e. The lowest BCUT2D eigenvalue weighted by Crippen LogP contribution is -2.28. The first kappa shape index (κ1) is 18.5. The molecular formula is C21H19N5O3. The van der Waals surface area contributed by atoms with Crippen LogP contribution in [-0.4, -0.2) is 32.1 Å². The van der Waals surface area contributed by atoms with Gasteiger partial charge in [0, 0.05) is 6.54 Å². The van der Waals surface area contributed by atoms with Crippen molar-refractivity contribution in [2.24, 2.45) is 0 Å². The predicted octanol–water partition coefficient (Wildman–Crippen LogP) is 2.36. The van der Waals surface area contributed by atoms with E-state index in [4.69, 9.17) is 4.52 Å². The van der Waals surface area contributed by atoms with Gasteiger partial charge in [0.1, 0.15) is 0 Å². The summed E-state index contributed by atoms with van der Waals surface area (Å²) < 4.78 is 6.44. The van der Waals surface area contributed by atoms with Crippen LogP contribution in [0.1, 0.15) is 34.9 Å². The number of rotatable bonds is 6. The molecule has 0 fully saturated rings. The fourth-order valence-corrected chi connectivity index (χ4v) is 3.00. The van der Waals surface area contributed by atoms with Gasteiger partial charge in [0.15, 0.2) is 5.82 Å². The minimum absolute atomic E-state index is 0.0634. The molecule has 0 bridgehead atoms. The molecular weight excluding hydrogens is 370 g/mol. The van der Waals surface area contributed by atoms with E-state index in [1.165, 1.54) is 10.9 Å². The van der Waals surface area contributed by atoms with E-state index in [2.05, 4.69) is 20.4 Å². The van der Waals surface area contributed by atoms with Crippen LogP contribution in [0.2, 0.25) is 0 Å². The summed E-state index contributed by atoms with van der Waals surface area (Å²) in [6.07, 6.45) is 1.43. The number of aromatic nitrogens is 4. The molecule has 4 rings (SSSR count). The number of hydrogen-bond acceptors (Lipinski definition) is 6. The quantitative estimate of drug-likeness (QED) is 0.543. The molecule has 2 aromatic carbocycles. The van der Waals surface area contributed by atoms with E-state index in [1.54, 1.807) is 18.2 Å². The number of fused-ring (bicyclic) bond motifs is 1. The van der Waals surface area contributed by atoms with E-state index in [-0.39, 0.29) is 29.7 Å². The number of benzene rings is 2. The van der Waals surface area contributed by atoms with Crippen molar-refractivity contribution in [2.45, 2.75) is 19.4 Å². The molecule has 0 aliphatic heterocycles. The molecule has 0 radical (unpaired) electrons. The van der Waals surface area contributed by atoms with Crippen LogP contribution in [0.5, 0.6) is 0 Å². The van der Waals surface area contributed by atoms with E-state index in [9.17, 15) is 9.59 Å². The number of nitrogens with one attached hydrogen (secondary N) is 1. The lowest BCUT2D eigenvalue weighted by Gasteiger charge is -2.11. The molecule has 1 N–H and O–H groups in total. The van der Waals surface area contributed by atoms with Gasteiger partial charge in [0.2, 0.25) is 0 Å². The topological polar surface area (TPSA) is 103 Å². The Balaban J connectivity index is 1.42. The number of amides is 1. The van der Waals surface area contributed by atoms with Crippen molar-refractivity contribution in [2.75, 3.05) is 6.54 Å². The van der Waals surface area contributed by atoms with Gasteiger partial charge in [-0.2, -0.15) is 4.98 Å². The zero-order valence-electron chi connectivity index (χ0n) is 15.8. The molecule has 4 aromatic rings. The summed E-state index contributed by atoms with van der Waals surface area (Å²) in [6.45, 7) is 2.52. The Morgan fingerprint density at radius 3 is 2.72 bits per heavy atom. The van der Waals surface area contributed by atoms with Crippen molar-refractivity contribution in [1.29, 1.82) is 0 Å². The molecule has 0 aliphatic carbocycles. The highest BCUT2D eigenvalue weighted by Gasteiger charge is 2.17. The first-order chi connectivity index (χ1) is 14.1. The highest BCUT2D eigenvalue weighted by molar-refractivity contribution is 5.89. The van der Waals surface area contributed by atoms with Crippen molar-refractivity contribution in [3.8, 4) is 0 Å². The molecule has 1 atom stereocenters. The zero-order chi connectivity index (χ0) is 20.2. The first-order valence-electron chi connectivity index (χ1n) is 9.22. The van der Waals surface area contributed by atoms with Crippen molar-refractivity contribution < 1.29 is 9.32 Å². The van der Waals surface area contributed by atoms with E-state index in [0.29, 0.717) is 17.4 Å². The van der Waals surface area contributed by atoms with Crippen molar-refractivity contribution in [3.63, 3.8) is 0 Å². The minimum atomic E-state index is -0.449. The molecule has 0 aliphatic rings. The second-order valence-corrected chi connectivity index (χ2v) is 6.73. The van der Waals surface area contributed by atoms with E-state index in [0.717, 1.165) is 5.56 Å². The molecule has 29 heavy (non-hydrogen) atoms. The molecule has 1 amide bonds. The molecule has 0 unspecified atom stereocenters. The normalized spacial score (nSPS) is 12.0. The maximum atomic E-state index is 12.5. The Morgan fingerprint density at radius 2 is 1.90 bits per heavy atom. The van der Waals surface area contributed by atoms with Crippen LogP contribution in [0.25, 0.3) is 10.9 Å². The van der Waals surface area contributed by atoms with Crippen LogP contribution in [0.15, 0.2) is 70.2 Å². The van der Waals surface area contributed by atoms with E-state index < -0.39 is 5.91 Å². The van der Waals surface area contributed by atoms with Gasteiger partial charge in [0.25, 0.3) is 5.56 Å². The van der Waals surface area contributed by atoms with Crippen LogP contribution < -0.4 is 10.9 Å². The Kier molecular flexibility index (Phi) is 5.15. The summed E-state index contributed by atoms with van der Waals surface area (Å²) in [5.74, 6) is -0.215. The number of carbonyl (C=O) groups is 1. The monoisotopic (exact) mass is 389 g/mol. The molecule has 8 nitrogen and oxygen atoms in total. The van der Waals surface area contributed by atoms with Gasteiger partial charge in [0.05, 0.1) is 23.8 Å². The van der Waals surface area contributed by atoms with Crippen LogP contribution in [0.3, 0.4) is 0 Å². The fourth-order valence-electron chi connectivity index (χ4n) is 3.00. The van der Waals surface area contributed by atoms with Gasteiger partial charge < -0.3 is 9.84 Å². The average Bonchev–Trinajstić information content (AvgIpc) is 3.23. The second kappa shape index (κ2) is 8.05. The number of nitrogens with zero attached hydrogens (tertiary/aromatic N) is 4.